The average Bonchev–Trinajstić information content (AvgIpc) is 1.85. The minimum Gasteiger partial charge on any atom is -0.478 e. The Morgan fingerprint density at radius 1 is 1.45 bits per heavy atom. The van der Waals surface area contributed by atoms with E-state index in [2.05, 4.69) is 6.07 Å². The molecule has 0 aromatic heterocycles. The molecule has 1 aromatic carbocycles. The average molecular weight is 149 g/mol. The largest absolute Gasteiger partial charge is 0.478 e. The fraction of sp³-hybridized carbons (Fsp3) is 0.222. The zero-order valence-electron chi connectivity index (χ0n) is 6.51. The molecular formula is C9H9O2. The Hall–Kier alpha value is -1.31. The van der Waals surface area contributed by atoms with Crippen molar-refractivity contribution in [2.75, 3.05) is 0 Å². The van der Waals surface area contributed by atoms with Crippen molar-refractivity contribution in [1.29, 1.82) is 0 Å². The third-order valence-corrected chi connectivity index (χ3v) is 1.38. The quantitative estimate of drug-likeness (QED) is 0.661. The smallest absolute Gasteiger partial charge is 0.336 e. The zero-order valence-corrected chi connectivity index (χ0v) is 6.51. The van der Waals surface area contributed by atoms with Gasteiger partial charge in [-0.2, -0.15) is 0 Å². The van der Waals surface area contributed by atoms with E-state index in [1.807, 2.05) is 19.9 Å². The van der Waals surface area contributed by atoms with Gasteiger partial charge in [-0.25, -0.2) is 4.79 Å². The Balaban J connectivity index is 3.19. The van der Waals surface area contributed by atoms with Crippen LogP contribution in [0.2, 0.25) is 0 Å². The number of rotatable bonds is 1. The molecule has 57 valence electrons. The molecule has 0 aliphatic carbocycles. The van der Waals surface area contributed by atoms with Crippen LogP contribution < -0.4 is 0 Å². The molecule has 1 N–H and O–H groups in total. The first kappa shape index (κ1) is 7.79. The Bertz CT molecular complexity index is 269. The molecule has 1 radical (unpaired) electrons. The van der Waals surface area contributed by atoms with Crippen molar-refractivity contribution in [3.63, 3.8) is 0 Å². The summed E-state index contributed by atoms with van der Waals surface area (Å²) >= 11 is 0. The molecule has 0 aliphatic rings. The number of hydrogen-bond donors (Lipinski definition) is 1. The minimum absolute atomic E-state index is 0.238. The summed E-state index contributed by atoms with van der Waals surface area (Å²) in [5.74, 6) is -0.920. The highest BCUT2D eigenvalue weighted by atomic mass is 16.4. The van der Waals surface area contributed by atoms with Crippen molar-refractivity contribution in [1.82, 2.24) is 0 Å². The van der Waals surface area contributed by atoms with Crippen LogP contribution in [0, 0.1) is 19.9 Å². The van der Waals surface area contributed by atoms with Crippen LogP contribution in [0.3, 0.4) is 0 Å². The maximum atomic E-state index is 10.5. The molecule has 2 nitrogen and oxygen atoms in total. The second-order valence-electron chi connectivity index (χ2n) is 2.56. The summed E-state index contributed by atoms with van der Waals surface area (Å²) < 4.78 is 0. The molecule has 2 heteroatoms. The van der Waals surface area contributed by atoms with Gasteiger partial charge >= 0.3 is 5.97 Å². The van der Waals surface area contributed by atoms with Gasteiger partial charge in [-0.05, 0) is 31.0 Å². The molecule has 0 unspecified atom stereocenters. The predicted molar refractivity (Wildman–Crippen MR) is 41.7 cm³/mol. The molecule has 0 bridgehead atoms. The van der Waals surface area contributed by atoms with Gasteiger partial charge in [-0.15, -0.1) is 0 Å². The van der Waals surface area contributed by atoms with E-state index in [1.165, 1.54) is 0 Å². The normalized spacial score (nSPS) is 9.64. The highest BCUT2D eigenvalue weighted by molar-refractivity contribution is 5.87. The van der Waals surface area contributed by atoms with Crippen LogP contribution in [-0.4, -0.2) is 11.1 Å². The van der Waals surface area contributed by atoms with E-state index in [4.69, 9.17) is 5.11 Å². The van der Waals surface area contributed by atoms with Crippen LogP contribution in [-0.2, 0) is 0 Å². The van der Waals surface area contributed by atoms with Crippen molar-refractivity contribution < 1.29 is 9.90 Å². The van der Waals surface area contributed by atoms with Gasteiger partial charge in [0.1, 0.15) is 0 Å². The Labute approximate surface area is 65.5 Å². The van der Waals surface area contributed by atoms with Gasteiger partial charge in [0.2, 0.25) is 0 Å². The van der Waals surface area contributed by atoms with Gasteiger partial charge < -0.3 is 5.11 Å². The number of hydrogen-bond acceptors (Lipinski definition) is 1. The molecule has 1 rings (SSSR count). The first-order valence-corrected chi connectivity index (χ1v) is 3.33. The van der Waals surface area contributed by atoms with E-state index in [9.17, 15) is 4.79 Å². The number of carboxylic acids is 1. The van der Waals surface area contributed by atoms with Gasteiger partial charge in [-0.3, -0.25) is 0 Å². The van der Waals surface area contributed by atoms with Crippen molar-refractivity contribution in [2.24, 2.45) is 0 Å². The van der Waals surface area contributed by atoms with E-state index < -0.39 is 5.97 Å². The van der Waals surface area contributed by atoms with E-state index in [0.717, 1.165) is 11.1 Å². The molecular weight excluding hydrogens is 140 g/mol. The number of aryl methyl sites for hydroxylation is 2. The fourth-order valence-corrected chi connectivity index (χ4v) is 1.01. The monoisotopic (exact) mass is 149 g/mol. The van der Waals surface area contributed by atoms with Gasteiger partial charge in [0.25, 0.3) is 0 Å². The Morgan fingerprint density at radius 2 is 2.09 bits per heavy atom. The molecule has 0 amide bonds. The number of benzene rings is 1. The highest BCUT2D eigenvalue weighted by Gasteiger charge is 2.02. The maximum absolute atomic E-state index is 10.5. The first-order valence-electron chi connectivity index (χ1n) is 3.33. The third kappa shape index (κ3) is 1.80. The van der Waals surface area contributed by atoms with Crippen molar-refractivity contribution in [2.45, 2.75) is 13.8 Å². The molecule has 0 fully saturated rings. The second kappa shape index (κ2) is 2.74. The zero-order chi connectivity index (χ0) is 8.43. The molecule has 1 aromatic rings. The van der Waals surface area contributed by atoms with Crippen LogP contribution in [0.1, 0.15) is 21.5 Å². The number of aromatic carboxylic acids is 1. The van der Waals surface area contributed by atoms with Crippen LogP contribution in [0.5, 0.6) is 0 Å². The van der Waals surface area contributed by atoms with Crippen LogP contribution >= 0.6 is 0 Å². The molecule has 0 atom stereocenters. The Kier molecular flexibility index (Phi) is 1.94. The molecule has 0 saturated heterocycles. The Morgan fingerprint density at radius 3 is 2.55 bits per heavy atom. The SMILES string of the molecule is Cc1[c]c(C(=O)O)cc(C)c1. The lowest BCUT2D eigenvalue weighted by Gasteiger charge is -1.97. The second-order valence-corrected chi connectivity index (χ2v) is 2.56. The van der Waals surface area contributed by atoms with Gasteiger partial charge in [0, 0.05) is 6.07 Å². The standard InChI is InChI=1S/C9H9O2/c1-6-3-7(2)5-8(4-6)9(10)11/h3-4H,1-2H3,(H,10,11). The minimum atomic E-state index is -0.920. The van der Waals surface area contributed by atoms with Gasteiger partial charge in [-0.1, -0.05) is 6.07 Å². The van der Waals surface area contributed by atoms with Crippen molar-refractivity contribution in [3.05, 3.63) is 34.9 Å². The molecule has 0 aliphatic heterocycles. The number of carbonyl (C=O) groups is 1. The fourth-order valence-electron chi connectivity index (χ4n) is 1.01. The number of carboxylic acid groups (broad SMARTS) is 1. The van der Waals surface area contributed by atoms with Crippen molar-refractivity contribution >= 4 is 5.97 Å². The van der Waals surface area contributed by atoms with Gasteiger partial charge in [0.15, 0.2) is 0 Å². The summed E-state index contributed by atoms with van der Waals surface area (Å²) in [7, 11) is 0. The molecule has 11 heavy (non-hydrogen) atoms. The summed E-state index contributed by atoms with van der Waals surface area (Å²) in [5.41, 5.74) is 2.06. The van der Waals surface area contributed by atoms with Crippen LogP contribution in [0.25, 0.3) is 0 Å². The topological polar surface area (TPSA) is 37.3 Å². The lowest BCUT2D eigenvalue weighted by Crippen LogP contribution is -1.97. The lowest BCUT2D eigenvalue weighted by atomic mass is 10.1. The van der Waals surface area contributed by atoms with E-state index >= 15 is 0 Å². The summed E-state index contributed by atoms with van der Waals surface area (Å²) in [6, 6.07) is 6.25. The summed E-state index contributed by atoms with van der Waals surface area (Å²) in [5, 5.41) is 8.60. The predicted octanol–water partition coefficient (Wildman–Crippen LogP) is 1.80. The summed E-state index contributed by atoms with van der Waals surface area (Å²) in [6.07, 6.45) is 0. The third-order valence-electron chi connectivity index (χ3n) is 1.38. The van der Waals surface area contributed by atoms with E-state index in [0.29, 0.717) is 0 Å². The first-order chi connectivity index (χ1) is 5.09. The lowest BCUT2D eigenvalue weighted by molar-refractivity contribution is 0.0696. The highest BCUT2D eigenvalue weighted by Crippen LogP contribution is 2.07. The summed E-state index contributed by atoms with van der Waals surface area (Å²) in [4.78, 5) is 10.5. The molecule has 0 spiro atoms. The van der Waals surface area contributed by atoms with E-state index in [-0.39, 0.29) is 5.56 Å². The van der Waals surface area contributed by atoms with Gasteiger partial charge in [0.05, 0.1) is 5.56 Å². The van der Waals surface area contributed by atoms with Crippen LogP contribution in [0.4, 0.5) is 0 Å². The molecule has 0 saturated carbocycles. The molecule has 0 heterocycles. The van der Waals surface area contributed by atoms with Crippen molar-refractivity contribution in [3.8, 4) is 0 Å². The summed E-state index contributed by atoms with van der Waals surface area (Å²) in [6.45, 7) is 3.70. The maximum Gasteiger partial charge on any atom is 0.336 e. The van der Waals surface area contributed by atoms with E-state index in [1.54, 1.807) is 6.07 Å². The van der Waals surface area contributed by atoms with Crippen LogP contribution in [0.15, 0.2) is 12.1 Å².